The van der Waals surface area contributed by atoms with Crippen LogP contribution in [-0.4, -0.2) is 71.6 Å². The Morgan fingerprint density at radius 3 is 2.52 bits per heavy atom. The first-order valence-electron chi connectivity index (χ1n) is 9.94. The van der Waals surface area contributed by atoms with Crippen LogP contribution in [0.4, 0.5) is 10.5 Å². The summed E-state index contributed by atoms with van der Waals surface area (Å²) in [5.41, 5.74) is 4.15. The molecule has 0 saturated carbocycles. The average Bonchev–Trinajstić information content (AvgIpc) is 3.20. The van der Waals surface area contributed by atoms with E-state index in [1.54, 1.807) is 11.9 Å². The fraction of sp³-hybridized carbons (Fsp3) is 0.476. The fourth-order valence-electron chi connectivity index (χ4n) is 4.22. The van der Waals surface area contributed by atoms with Gasteiger partial charge in [0.05, 0.1) is 18.8 Å². The maximum absolute atomic E-state index is 13.3. The van der Waals surface area contributed by atoms with Gasteiger partial charge in [0.15, 0.2) is 12.2 Å². The molecule has 29 heavy (non-hydrogen) atoms. The van der Waals surface area contributed by atoms with E-state index in [1.807, 2.05) is 43.9 Å². The Bertz CT molecular complexity index is 925. The fourth-order valence-corrected chi connectivity index (χ4v) is 4.22. The van der Waals surface area contributed by atoms with Crippen LogP contribution >= 0.6 is 0 Å². The number of imide groups is 1. The van der Waals surface area contributed by atoms with Crippen molar-refractivity contribution in [3.8, 4) is 0 Å². The molecular formula is C21H27N5O3. The number of aliphatic imine (C=N–C) groups is 1. The number of benzene rings is 1. The average molecular weight is 397 g/mol. The summed E-state index contributed by atoms with van der Waals surface area (Å²) < 4.78 is 5.37. The molecule has 0 N–H and O–H groups in total. The first kappa shape index (κ1) is 19.4. The summed E-state index contributed by atoms with van der Waals surface area (Å²) in [6, 6.07) is 7.21. The molecule has 1 aromatic carbocycles. The number of likely N-dealkylation sites (N-methyl/N-ethyl adjacent to an activating group) is 1. The molecule has 1 saturated heterocycles. The Kier molecular flexibility index (Phi) is 4.82. The van der Waals surface area contributed by atoms with E-state index < -0.39 is 12.2 Å². The number of rotatable bonds is 5. The highest BCUT2D eigenvalue weighted by Gasteiger charge is 2.55. The van der Waals surface area contributed by atoms with E-state index in [-0.39, 0.29) is 18.5 Å². The van der Waals surface area contributed by atoms with Gasteiger partial charge in [-0.25, -0.2) is 9.79 Å². The Hall–Kier alpha value is -2.87. The van der Waals surface area contributed by atoms with Crippen LogP contribution in [0.3, 0.4) is 0 Å². The third-order valence-electron chi connectivity index (χ3n) is 5.91. The van der Waals surface area contributed by atoms with Gasteiger partial charge in [0.2, 0.25) is 5.96 Å². The van der Waals surface area contributed by atoms with Gasteiger partial charge in [-0.05, 0) is 39.3 Å². The monoisotopic (exact) mass is 397 g/mol. The summed E-state index contributed by atoms with van der Waals surface area (Å²) in [4.78, 5) is 37.9. The Morgan fingerprint density at radius 1 is 1.10 bits per heavy atom. The number of guanidine groups is 1. The number of nitrogens with zero attached hydrogens (tertiary/aromatic N) is 5. The number of amides is 3. The van der Waals surface area contributed by atoms with E-state index >= 15 is 0 Å². The molecule has 2 atom stereocenters. The summed E-state index contributed by atoms with van der Waals surface area (Å²) in [6.07, 6.45) is -0.539. The normalized spacial score (nSPS) is 23.8. The molecule has 4 rings (SSSR count). The third kappa shape index (κ3) is 2.81. The standard InChI is InChI=1S/C21H27N5O3/c1-6-29-12-11-24-19(27)17-18(23(5)21(24)28)22-20-25(14(3)15(4)26(17)20)16-10-8-7-9-13(16)2/h7-10,17-18H,6,11-12H2,1-5H3. The van der Waals surface area contributed by atoms with Crippen molar-refractivity contribution < 1.29 is 14.3 Å². The Morgan fingerprint density at radius 2 is 1.83 bits per heavy atom. The van der Waals surface area contributed by atoms with Crippen molar-refractivity contribution in [2.45, 2.75) is 39.9 Å². The number of urea groups is 1. The van der Waals surface area contributed by atoms with Crippen molar-refractivity contribution in [1.82, 2.24) is 14.7 Å². The van der Waals surface area contributed by atoms with Crippen LogP contribution in [0.15, 0.2) is 40.7 Å². The SMILES string of the molecule is CCOCCN1C(=O)C2C(N=C3N(c4ccccc4C)C(C)=C(C)N32)N(C)C1=O. The molecule has 0 aromatic heterocycles. The summed E-state index contributed by atoms with van der Waals surface area (Å²) in [5.74, 6) is 0.472. The van der Waals surface area contributed by atoms with Crippen LogP contribution in [0.5, 0.6) is 0 Å². The van der Waals surface area contributed by atoms with Crippen LogP contribution in [0.25, 0.3) is 0 Å². The van der Waals surface area contributed by atoms with Crippen molar-refractivity contribution >= 4 is 23.6 Å². The lowest BCUT2D eigenvalue weighted by Gasteiger charge is -2.40. The smallest absolute Gasteiger partial charge is 0.328 e. The lowest BCUT2D eigenvalue weighted by molar-refractivity contribution is -0.137. The highest BCUT2D eigenvalue weighted by molar-refractivity contribution is 6.10. The zero-order valence-corrected chi connectivity index (χ0v) is 17.5. The number of carbonyl (C=O) groups excluding carboxylic acids is 2. The van der Waals surface area contributed by atoms with Crippen molar-refractivity contribution in [1.29, 1.82) is 0 Å². The molecule has 154 valence electrons. The second kappa shape index (κ2) is 7.18. The molecule has 8 heteroatoms. The summed E-state index contributed by atoms with van der Waals surface area (Å²) in [7, 11) is 1.70. The topological polar surface area (TPSA) is 68.7 Å². The zero-order valence-electron chi connectivity index (χ0n) is 17.5. The number of carbonyl (C=O) groups is 2. The number of hydrogen-bond donors (Lipinski definition) is 0. The van der Waals surface area contributed by atoms with Crippen LogP contribution in [-0.2, 0) is 9.53 Å². The van der Waals surface area contributed by atoms with Crippen molar-refractivity contribution in [3.05, 3.63) is 41.2 Å². The molecule has 2 unspecified atom stereocenters. The number of fused-ring (bicyclic) bond motifs is 3. The number of ether oxygens (including phenoxy) is 1. The van der Waals surface area contributed by atoms with Gasteiger partial charge >= 0.3 is 6.03 Å². The summed E-state index contributed by atoms with van der Waals surface area (Å²) in [5, 5.41) is 0. The molecule has 3 aliphatic rings. The number of hydrogen-bond acceptors (Lipinski definition) is 6. The number of aryl methyl sites for hydroxylation is 1. The molecule has 1 aromatic rings. The van der Waals surface area contributed by atoms with Crippen molar-refractivity contribution in [2.24, 2.45) is 4.99 Å². The quantitative estimate of drug-likeness (QED) is 0.714. The van der Waals surface area contributed by atoms with E-state index in [9.17, 15) is 9.59 Å². The number of anilines is 1. The highest BCUT2D eigenvalue weighted by Crippen LogP contribution is 2.40. The largest absolute Gasteiger partial charge is 0.380 e. The van der Waals surface area contributed by atoms with Gasteiger partial charge in [0.25, 0.3) is 5.91 Å². The van der Waals surface area contributed by atoms with Crippen LogP contribution in [0, 0.1) is 6.92 Å². The van der Waals surface area contributed by atoms with Gasteiger partial charge < -0.3 is 9.64 Å². The molecule has 3 amide bonds. The van der Waals surface area contributed by atoms with Gasteiger partial charge in [-0.2, -0.15) is 0 Å². The van der Waals surface area contributed by atoms with E-state index in [2.05, 4.69) is 17.9 Å². The van der Waals surface area contributed by atoms with Gasteiger partial charge in [-0.3, -0.25) is 19.5 Å². The molecule has 0 spiro atoms. The first-order chi connectivity index (χ1) is 13.9. The number of allylic oxidation sites excluding steroid dienone is 2. The minimum Gasteiger partial charge on any atom is -0.380 e. The maximum atomic E-state index is 13.3. The molecule has 0 aliphatic carbocycles. The predicted octanol–water partition coefficient (Wildman–Crippen LogP) is 2.36. The van der Waals surface area contributed by atoms with E-state index in [0.717, 1.165) is 22.6 Å². The second-order valence-corrected chi connectivity index (χ2v) is 7.53. The van der Waals surface area contributed by atoms with Crippen LogP contribution in [0.1, 0.15) is 26.3 Å². The van der Waals surface area contributed by atoms with Crippen molar-refractivity contribution in [2.75, 3.05) is 31.7 Å². The number of para-hydroxylation sites is 1. The second-order valence-electron chi connectivity index (χ2n) is 7.53. The first-order valence-corrected chi connectivity index (χ1v) is 9.94. The van der Waals surface area contributed by atoms with Gasteiger partial charge in [0.1, 0.15) is 0 Å². The molecule has 3 heterocycles. The molecule has 0 bridgehead atoms. The minimum absolute atomic E-state index is 0.227. The lowest BCUT2D eigenvalue weighted by atomic mass is 10.1. The van der Waals surface area contributed by atoms with Gasteiger partial charge in [-0.1, -0.05) is 18.2 Å². The Labute approximate surface area is 171 Å². The van der Waals surface area contributed by atoms with Gasteiger partial charge in [0, 0.05) is 25.0 Å². The van der Waals surface area contributed by atoms with E-state index in [0.29, 0.717) is 19.2 Å². The van der Waals surface area contributed by atoms with Crippen molar-refractivity contribution in [3.63, 3.8) is 0 Å². The summed E-state index contributed by atoms with van der Waals surface area (Å²) >= 11 is 0. The minimum atomic E-state index is -0.557. The molecule has 8 nitrogen and oxygen atoms in total. The van der Waals surface area contributed by atoms with E-state index in [1.165, 1.54) is 4.90 Å². The molecule has 3 aliphatic heterocycles. The van der Waals surface area contributed by atoms with Crippen LogP contribution in [0.2, 0.25) is 0 Å². The van der Waals surface area contributed by atoms with Gasteiger partial charge in [-0.15, -0.1) is 0 Å². The maximum Gasteiger partial charge on any atom is 0.328 e. The van der Waals surface area contributed by atoms with Crippen LogP contribution < -0.4 is 4.90 Å². The third-order valence-corrected chi connectivity index (χ3v) is 5.91. The Balaban J connectivity index is 1.71. The molecular weight excluding hydrogens is 370 g/mol. The predicted molar refractivity (Wildman–Crippen MR) is 110 cm³/mol. The summed E-state index contributed by atoms with van der Waals surface area (Å²) in [6.45, 7) is 9.10. The lowest BCUT2D eigenvalue weighted by Crippen LogP contribution is -2.65. The molecule has 0 radical (unpaired) electrons. The molecule has 1 fully saturated rings. The highest BCUT2D eigenvalue weighted by atomic mass is 16.5. The zero-order chi connectivity index (χ0) is 20.9. The van der Waals surface area contributed by atoms with E-state index in [4.69, 9.17) is 9.73 Å².